The third-order valence-corrected chi connectivity index (χ3v) is 17.5. The van der Waals surface area contributed by atoms with Gasteiger partial charge in [0.1, 0.15) is 11.3 Å². The molecule has 7 heteroatoms. The summed E-state index contributed by atoms with van der Waals surface area (Å²) in [6.07, 6.45) is 7.99. The summed E-state index contributed by atoms with van der Waals surface area (Å²) in [5, 5.41) is 4.25. The van der Waals surface area contributed by atoms with Crippen LogP contribution < -0.4 is 11.1 Å². The van der Waals surface area contributed by atoms with Crippen LogP contribution in [-0.2, 0) is 21.7 Å². The highest BCUT2D eigenvalue weighted by Gasteiger charge is 2.46. The SMILES string of the molecule is CC1(C)CC(C)(C)c2c1c1ccccc1c1nc(=O)c(-c3ccccc3-c3cc(-c4ccccc4-c4ccc(-c5ccccc5)nc4)cc(-c4ccccc4-c4cn5c6c(c7ccccc7c5nc4=O)C(C)(C)CC6(C)C)c3)cn21. The van der Waals surface area contributed by atoms with E-state index in [2.05, 4.69) is 204 Å². The molecule has 14 rings (SSSR count). The van der Waals surface area contributed by atoms with Crippen molar-refractivity contribution in [1.82, 2.24) is 23.8 Å². The largest absolute Gasteiger partial charge is 0.303 e. The Balaban J connectivity index is 1.01. The van der Waals surface area contributed by atoms with Crippen LogP contribution in [-0.4, -0.2) is 23.8 Å². The first kappa shape index (κ1) is 49.2. The van der Waals surface area contributed by atoms with Gasteiger partial charge in [-0.25, -0.2) is 0 Å². The van der Waals surface area contributed by atoms with Crippen molar-refractivity contribution in [2.24, 2.45) is 0 Å². The minimum absolute atomic E-state index is 0.104. The second kappa shape index (κ2) is 17.7. The Bertz CT molecular complexity index is 4460. The summed E-state index contributed by atoms with van der Waals surface area (Å²) in [6, 6.07) is 62.9. The average Bonchev–Trinajstić information content (AvgIpc) is 3.93. The lowest BCUT2D eigenvalue weighted by atomic mass is 9.81. The Labute approximate surface area is 466 Å². The summed E-state index contributed by atoms with van der Waals surface area (Å²) in [5.41, 5.74) is 17.3. The highest BCUT2D eigenvalue weighted by Crippen LogP contribution is 2.54. The average molecular weight is 1040 g/mol. The molecular formula is C73H61N5O2. The monoisotopic (exact) mass is 1040 g/mol. The zero-order valence-corrected chi connectivity index (χ0v) is 46.5. The van der Waals surface area contributed by atoms with Crippen LogP contribution in [0.1, 0.15) is 90.7 Å². The van der Waals surface area contributed by atoms with Crippen molar-refractivity contribution in [3.8, 4) is 78.0 Å². The van der Waals surface area contributed by atoms with Gasteiger partial charge in [0.05, 0.1) is 16.8 Å². The normalized spacial score (nSPS) is 15.7. The van der Waals surface area contributed by atoms with Gasteiger partial charge in [0, 0.05) is 62.7 Å². The second-order valence-corrected chi connectivity index (χ2v) is 25.0. The first-order valence-corrected chi connectivity index (χ1v) is 27.9. The maximum Gasteiger partial charge on any atom is 0.281 e. The van der Waals surface area contributed by atoms with Crippen LogP contribution in [0.25, 0.3) is 111 Å². The molecule has 5 aromatic heterocycles. The molecule has 390 valence electrons. The summed E-state index contributed by atoms with van der Waals surface area (Å²) in [5.74, 6) is 0. The first-order chi connectivity index (χ1) is 38.5. The minimum Gasteiger partial charge on any atom is -0.303 e. The van der Waals surface area contributed by atoms with Gasteiger partial charge < -0.3 is 8.80 Å². The molecular weight excluding hydrogens is 979 g/mol. The van der Waals surface area contributed by atoms with Gasteiger partial charge in [0.2, 0.25) is 0 Å². The third kappa shape index (κ3) is 7.65. The van der Waals surface area contributed by atoms with Gasteiger partial charge in [-0.15, -0.1) is 0 Å². The predicted molar refractivity (Wildman–Crippen MR) is 329 cm³/mol. The lowest BCUT2D eigenvalue weighted by Gasteiger charge is -2.23. The minimum atomic E-state index is -0.286. The van der Waals surface area contributed by atoms with Gasteiger partial charge in [-0.3, -0.25) is 14.6 Å². The van der Waals surface area contributed by atoms with Crippen molar-refractivity contribution in [2.45, 2.75) is 89.9 Å². The topological polar surface area (TPSA) is 81.6 Å². The standard InChI is InChI=1S/C73H61N5O2/c1-70(2)42-72(5,6)64-62(70)55-30-18-20-32-57(55)66-75-68(79)59(40-77(64)66)53-28-16-14-26-51(53)47-36-46(50-25-13-12-24-49(50)45-34-35-61(74-39-45)44-22-10-9-11-23-44)37-48(38-47)52-27-15-17-29-54(52)60-41-78-65-63(71(3,4)43-73(65,7)8)56-31-19-21-33-58(56)67(78)76-69(60)80/h9-41H,42-43H2,1-8H3. The van der Waals surface area contributed by atoms with E-state index < -0.39 is 0 Å². The molecule has 0 N–H and O–H groups in total. The molecule has 0 saturated carbocycles. The van der Waals surface area contributed by atoms with Crippen LogP contribution in [0, 0.1) is 0 Å². The van der Waals surface area contributed by atoms with E-state index in [1.807, 2.05) is 60.8 Å². The van der Waals surface area contributed by atoms with Crippen molar-refractivity contribution < 1.29 is 0 Å². The van der Waals surface area contributed by atoms with E-state index >= 15 is 0 Å². The lowest BCUT2D eigenvalue weighted by molar-refractivity contribution is 0.398. The summed E-state index contributed by atoms with van der Waals surface area (Å²) in [4.78, 5) is 44.8. The van der Waals surface area contributed by atoms with Crippen LogP contribution in [0.4, 0.5) is 0 Å². The van der Waals surface area contributed by atoms with Crippen LogP contribution in [0.15, 0.2) is 210 Å². The van der Waals surface area contributed by atoms with Gasteiger partial charge in [-0.1, -0.05) is 213 Å². The number of fused-ring (bicyclic) bond motifs is 12. The van der Waals surface area contributed by atoms with Crippen LogP contribution in [0.5, 0.6) is 0 Å². The van der Waals surface area contributed by atoms with Crippen molar-refractivity contribution in [3.05, 3.63) is 244 Å². The van der Waals surface area contributed by atoms with E-state index in [1.54, 1.807) is 0 Å². The van der Waals surface area contributed by atoms with Gasteiger partial charge in [-0.2, -0.15) is 9.97 Å². The summed E-state index contributed by atoms with van der Waals surface area (Å²) < 4.78 is 4.45. The molecule has 0 radical (unpaired) electrons. The lowest BCUT2D eigenvalue weighted by Crippen LogP contribution is -2.21. The van der Waals surface area contributed by atoms with E-state index in [4.69, 9.17) is 15.0 Å². The Morgan fingerprint density at radius 1 is 0.350 bits per heavy atom. The molecule has 0 spiro atoms. The van der Waals surface area contributed by atoms with Crippen LogP contribution >= 0.6 is 0 Å². The molecule has 2 aliphatic carbocycles. The molecule has 5 heterocycles. The molecule has 0 amide bonds. The molecule has 12 aromatic rings. The Morgan fingerprint density at radius 2 is 0.713 bits per heavy atom. The van der Waals surface area contributed by atoms with Gasteiger partial charge in [0.15, 0.2) is 0 Å². The van der Waals surface area contributed by atoms with E-state index in [9.17, 15) is 9.59 Å². The highest BCUT2D eigenvalue weighted by molar-refractivity contribution is 6.01. The molecule has 0 atom stereocenters. The third-order valence-electron chi connectivity index (χ3n) is 17.5. The predicted octanol–water partition coefficient (Wildman–Crippen LogP) is 17.0. The molecule has 7 aromatic carbocycles. The zero-order chi connectivity index (χ0) is 55.0. The van der Waals surface area contributed by atoms with Crippen LogP contribution in [0.2, 0.25) is 0 Å². The van der Waals surface area contributed by atoms with Gasteiger partial charge >= 0.3 is 0 Å². The van der Waals surface area contributed by atoms with E-state index in [0.717, 1.165) is 101 Å². The first-order valence-electron chi connectivity index (χ1n) is 27.9. The smallest absolute Gasteiger partial charge is 0.281 e. The van der Waals surface area contributed by atoms with Crippen molar-refractivity contribution in [3.63, 3.8) is 0 Å². The Hall–Kier alpha value is -9.07. The van der Waals surface area contributed by atoms with Gasteiger partial charge in [-0.05, 0) is 120 Å². The molecule has 0 saturated heterocycles. The molecule has 0 fully saturated rings. The number of hydrogen-bond acceptors (Lipinski definition) is 5. The quantitative estimate of drug-likeness (QED) is 0.149. The van der Waals surface area contributed by atoms with E-state index in [1.165, 1.54) is 22.5 Å². The number of benzene rings is 7. The molecule has 7 nitrogen and oxygen atoms in total. The van der Waals surface area contributed by atoms with E-state index in [-0.39, 0.29) is 32.8 Å². The number of rotatable bonds is 7. The second-order valence-electron chi connectivity index (χ2n) is 25.0. The Kier molecular flexibility index (Phi) is 10.9. The fraction of sp³-hybridized carbons (Fsp3) is 0.192. The summed E-state index contributed by atoms with van der Waals surface area (Å²) in [6.45, 7) is 18.6. The van der Waals surface area contributed by atoms with Crippen molar-refractivity contribution >= 4 is 32.8 Å². The van der Waals surface area contributed by atoms with Crippen LogP contribution in [0.3, 0.4) is 0 Å². The maximum absolute atomic E-state index is 14.9. The molecule has 0 unspecified atom stereocenters. The number of hydrogen-bond donors (Lipinski definition) is 0. The molecule has 0 aliphatic heterocycles. The fourth-order valence-electron chi connectivity index (χ4n) is 14.9. The fourth-order valence-corrected chi connectivity index (χ4v) is 14.9. The summed E-state index contributed by atoms with van der Waals surface area (Å²) in [7, 11) is 0. The molecule has 0 bridgehead atoms. The van der Waals surface area contributed by atoms with Crippen molar-refractivity contribution in [2.75, 3.05) is 0 Å². The van der Waals surface area contributed by atoms with E-state index in [0.29, 0.717) is 22.4 Å². The number of aromatic nitrogens is 5. The number of nitrogens with zero attached hydrogens (tertiary/aromatic N) is 5. The highest BCUT2D eigenvalue weighted by atomic mass is 16.1. The summed E-state index contributed by atoms with van der Waals surface area (Å²) >= 11 is 0. The van der Waals surface area contributed by atoms with Crippen molar-refractivity contribution in [1.29, 1.82) is 0 Å². The Morgan fingerprint density at radius 3 is 1.12 bits per heavy atom. The molecule has 2 aliphatic rings. The van der Waals surface area contributed by atoms with Gasteiger partial charge in [0.25, 0.3) is 11.1 Å². The maximum atomic E-state index is 14.9. The molecule has 80 heavy (non-hydrogen) atoms. The zero-order valence-electron chi connectivity index (χ0n) is 46.5. The number of pyridine rings is 3.